The molecule has 0 aliphatic carbocycles. The predicted molar refractivity (Wildman–Crippen MR) is 88.8 cm³/mol. The molecule has 106 valence electrons. The summed E-state index contributed by atoms with van der Waals surface area (Å²) < 4.78 is 0.898. The van der Waals surface area contributed by atoms with Gasteiger partial charge in [-0.05, 0) is 46.3 Å². The van der Waals surface area contributed by atoms with Crippen molar-refractivity contribution >= 4 is 44.1 Å². The van der Waals surface area contributed by atoms with Gasteiger partial charge in [-0.25, -0.2) is 4.98 Å². The molecular weight excluding hydrogens is 354 g/mol. The molecule has 0 aliphatic rings. The number of benzene rings is 2. The Bertz CT molecular complexity index is 863. The molecule has 0 radical (unpaired) electrons. The average molecular weight is 365 g/mol. The molecule has 0 bridgehead atoms. The highest BCUT2D eigenvalue weighted by Crippen LogP contribution is 2.26. The van der Waals surface area contributed by atoms with Gasteiger partial charge in [0.1, 0.15) is 5.82 Å². The van der Waals surface area contributed by atoms with Crippen molar-refractivity contribution in [2.75, 3.05) is 5.32 Å². The number of fused-ring (bicyclic) bond motifs is 1. The number of hydrogen-bond donors (Lipinski definition) is 2. The zero-order chi connectivity index (χ0) is 14.8. The van der Waals surface area contributed by atoms with Crippen LogP contribution in [-0.2, 0) is 6.54 Å². The normalized spacial score (nSPS) is 10.8. The van der Waals surface area contributed by atoms with E-state index in [1.54, 1.807) is 12.1 Å². The third-order valence-corrected chi connectivity index (χ3v) is 3.96. The predicted octanol–water partition coefficient (Wildman–Crippen LogP) is 3.95. The second kappa shape index (κ2) is 5.87. The maximum Gasteiger partial charge on any atom is 0.258 e. The van der Waals surface area contributed by atoms with Crippen molar-refractivity contribution in [2.45, 2.75) is 6.54 Å². The molecule has 3 rings (SSSR count). The van der Waals surface area contributed by atoms with Crippen LogP contribution in [0.4, 0.5) is 5.69 Å². The van der Waals surface area contributed by atoms with Gasteiger partial charge in [0.05, 0.1) is 23.1 Å². The Labute approximate surface area is 134 Å². The molecule has 2 N–H and O–H groups in total. The summed E-state index contributed by atoms with van der Waals surface area (Å²) in [4.78, 5) is 19.2. The van der Waals surface area contributed by atoms with E-state index in [-0.39, 0.29) is 5.56 Å². The number of nitrogens with zero attached hydrogens (tertiary/aromatic N) is 1. The summed E-state index contributed by atoms with van der Waals surface area (Å²) >= 11 is 9.41. The van der Waals surface area contributed by atoms with Crippen molar-refractivity contribution < 1.29 is 0 Å². The van der Waals surface area contributed by atoms with Crippen molar-refractivity contribution in [1.29, 1.82) is 0 Å². The van der Waals surface area contributed by atoms with Crippen LogP contribution in [0.2, 0.25) is 5.02 Å². The molecule has 6 heteroatoms. The Kier molecular flexibility index (Phi) is 3.94. The molecule has 0 fully saturated rings. The van der Waals surface area contributed by atoms with Crippen LogP contribution in [0.1, 0.15) is 5.82 Å². The van der Waals surface area contributed by atoms with Gasteiger partial charge in [-0.1, -0.05) is 23.7 Å². The van der Waals surface area contributed by atoms with E-state index >= 15 is 0 Å². The van der Waals surface area contributed by atoms with Crippen molar-refractivity contribution in [1.82, 2.24) is 9.97 Å². The zero-order valence-electron chi connectivity index (χ0n) is 10.9. The van der Waals surface area contributed by atoms with Crippen molar-refractivity contribution in [3.8, 4) is 0 Å². The van der Waals surface area contributed by atoms with E-state index in [0.717, 1.165) is 10.2 Å². The monoisotopic (exact) mass is 363 g/mol. The summed E-state index contributed by atoms with van der Waals surface area (Å²) in [5.74, 6) is 0.575. The van der Waals surface area contributed by atoms with Crippen molar-refractivity contribution in [3.05, 3.63) is 68.1 Å². The molecule has 0 unspecified atom stereocenters. The minimum atomic E-state index is -0.137. The number of H-pyrrole nitrogens is 1. The fourth-order valence-corrected chi connectivity index (χ4v) is 2.59. The lowest BCUT2D eigenvalue weighted by molar-refractivity contribution is 0.952. The number of anilines is 1. The zero-order valence-corrected chi connectivity index (χ0v) is 13.2. The number of rotatable bonds is 3. The van der Waals surface area contributed by atoms with E-state index in [9.17, 15) is 4.79 Å². The van der Waals surface area contributed by atoms with Crippen LogP contribution in [0.3, 0.4) is 0 Å². The number of hydrogen-bond acceptors (Lipinski definition) is 3. The van der Waals surface area contributed by atoms with Gasteiger partial charge in [-0.15, -0.1) is 0 Å². The first-order valence-corrected chi connectivity index (χ1v) is 7.47. The Hall–Kier alpha value is -1.85. The largest absolute Gasteiger partial charge is 0.377 e. The average Bonchev–Trinajstić information content (AvgIpc) is 2.48. The Morgan fingerprint density at radius 1 is 1.24 bits per heavy atom. The standard InChI is InChI=1S/C15H11BrClN3O/c16-11-6-5-9(17)7-13(11)18-8-14-19-12-4-2-1-3-10(12)15(21)20-14/h1-7,18H,8H2,(H,19,20,21). The highest BCUT2D eigenvalue weighted by atomic mass is 79.9. The van der Waals surface area contributed by atoms with Crippen molar-refractivity contribution in [3.63, 3.8) is 0 Å². The first-order chi connectivity index (χ1) is 10.1. The van der Waals surface area contributed by atoms with E-state index in [1.807, 2.05) is 30.3 Å². The fourth-order valence-electron chi connectivity index (χ4n) is 2.03. The van der Waals surface area contributed by atoms with Gasteiger partial charge in [-0.3, -0.25) is 4.79 Å². The summed E-state index contributed by atoms with van der Waals surface area (Å²) in [6.45, 7) is 0.402. The fraction of sp³-hybridized carbons (Fsp3) is 0.0667. The maximum atomic E-state index is 12.0. The van der Waals surface area contributed by atoms with E-state index in [4.69, 9.17) is 11.6 Å². The topological polar surface area (TPSA) is 57.8 Å². The van der Waals surface area contributed by atoms with Gasteiger partial charge >= 0.3 is 0 Å². The van der Waals surface area contributed by atoms with E-state index in [0.29, 0.717) is 28.3 Å². The second-order valence-electron chi connectivity index (χ2n) is 4.51. The number of nitrogens with one attached hydrogen (secondary N) is 2. The Morgan fingerprint density at radius 3 is 2.90 bits per heavy atom. The van der Waals surface area contributed by atoms with Crippen LogP contribution in [-0.4, -0.2) is 9.97 Å². The van der Waals surface area contributed by atoms with Crippen LogP contribution in [0.25, 0.3) is 10.9 Å². The lowest BCUT2D eigenvalue weighted by Gasteiger charge is -2.09. The third-order valence-electron chi connectivity index (χ3n) is 3.04. The Morgan fingerprint density at radius 2 is 2.05 bits per heavy atom. The molecule has 0 aliphatic heterocycles. The molecule has 0 saturated heterocycles. The number of halogens is 2. The maximum absolute atomic E-state index is 12.0. The highest BCUT2D eigenvalue weighted by molar-refractivity contribution is 9.10. The van der Waals surface area contributed by atoms with Crippen molar-refractivity contribution in [2.24, 2.45) is 0 Å². The number of aromatic nitrogens is 2. The summed E-state index contributed by atoms with van der Waals surface area (Å²) in [6, 6.07) is 12.7. The van der Waals surface area contributed by atoms with Crippen LogP contribution in [0.5, 0.6) is 0 Å². The molecule has 0 atom stereocenters. The molecule has 2 aromatic carbocycles. The van der Waals surface area contributed by atoms with Crippen LogP contribution in [0.15, 0.2) is 51.7 Å². The second-order valence-corrected chi connectivity index (χ2v) is 5.80. The van der Waals surface area contributed by atoms with Gasteiger partial charge in [0.25, 0.3) is 5.56 Å². The molecule has 0 amide bonds. The van der Waals surface area contributed by atoms with Crippen LogP contribution >= 0.6 is 27.5 Å². The quantitative estimate of drug-likeness (QED) is 0.740. The first kappa shape index (κ1) is 14.1. The SMILES string of the molecule is O=c1[nH]c(CNc2cc(Cl)ccc2Br)nc2ccccc12. The molecule has 0 saturated carbocycles. The Balaban J connectivity index is 1.88. The molecule has 3 aromatic rings. The smallest absolute Gasteiger partial charge is 0.258 e. The van der Waals surface area contributed by atoms with Gasteiger partial charge in [0.15, 0.2) is 0 Å². The molecule has 4 nitrogen and oxygen atoms in total. The highest BCUT2D eigenvalue weighted by Gasteiger charge is 2.05. The molecular formula is C15H11BrClN3O. The van der Waals surface area contributed by atoms with E-state index in [2.05, 4.69) is 31.2 Å². The van der Waals surface area contributed by atoms with E-state index < -0.39 is 0 Å². The first-order valence-electron chi connectivity index (χ1n) is 6.30. The van der Waals surface area contributed by atoms with E-state index in [1.165, 1.54) is 0 Å². The van der Waals surface area contributed by atoms with Gasteiger partial charge in [0, 0.05) is 9.50 Å². The summed E-state index contributed by atoms with van der Waals surface area (Å²) in [5, 5.41) is 4.43. The third kappa shape index (κ3) is 3.09. The summed E-state index contributed by atoms with van der Waals surface area (Å²) in [7, 11) is 0. The minimum absolute atomic E-state index is 0.137. The minimum Gasteiger partial charge on any atom is -0.377 e. The van der Waals surface area contributed by atoms with Gasteiger partial charge < -0.3 is 10.3 Å². The number of para-hydroxylation sites is 1. The number of aromatic amines is 1. The summed E-state index contributed by atoms with van der Waals surface area (Å²) in [6.07, 6.45) is 0. The lowest BCUT2D eigenvalue weighted by atomic mass is 10.2. The summed E-state index contributed by atoms with van der Waals surface area (Å²) in [5.41, 5.74) is 1.39. The van der Waals surface area contributed by atoms with Gasteiger partial charge in [-0.2, -0.15) is 0 Å². The van der Waals surface area contributed by atoms with Gasteiger partial charge in [0.2, 0.25) is 0 Å². The molecule has 1 aromatic heterocycles. The molecule has 0 spiro atoms. The van der Waals surface area contributed by atoms with Crippen LogP contribution < -0.4 is 10.9 Å². The molecule has 21 heavy (non-hydrogen) atoms. The lowest BCUT2D eigenvalue weighted by Crippen LogP contribution is -2.14. The molecule has 1 heterocycles. The van der Waals surface area contributed by atoms with Crippen LogP contribution in [0, 0.1) is 0 Å².